The number of carbonyl (C=O) groups is 1. The van der Waals surface area contributed by atoms with Crippen molar-refractivity contribution in [3.8, 4) is 0 Å². The number of carbonyl (C=O) groups excluding carboxylic acids is 1. The van der Waals surface area contributed by atoms with Gasteiger partial charge in [0.1, 0.15) is 18.2 Å². The number of nitrogens with zero attached hydrogens (tertiary/aromatic N) is 5. The van der Waals surface area contributed by atoms with E-state index in [0.29, 0.717) is 0 Å². The molecule has 0 aliphatic carbocycles. The Morgan fingerprint density at radius 2 is 2.42 bits per heavy atom. The molecule has 0 radical (unpaired) electrons. The van der Waals surface area contributed by atoms with Gasteiger partial charge in [-0.1, -0.05) is 0 Å². The van der Waals surface area contributed by atoms with Gasteiger partial charge in [0.2, 0.25) is 5.91 Å². The molecule has 0 saturated heterocycles. The second-order valence-electron chi connectivity index (χ2n) is 4.78. The summed E-state index contributed by atoms with van der Waals surface area (Å²) in [5.74, 6) is 1.90. The summed E-state index contributed by atoms with van der Waals surface area (Å²) < 4.78 is 3.69. The molecule has 0 aromatic carbocycles. The number of rotatable bonds is 3. The summed E-state index contributed by atoms with van der Waals surface area (Å²) in [5, 5.41) is 15.2. The normalized spacial score (nSPS) is 18.1. The molecular weight excluding hydrogens is 244 g/mol. The number of aryl methyl sites for hydroxylation is 2. The molecule has 0 saturated carbocycles. The minimum atomic E-state index is -0.0112. The third-order valence-corrected chi connectivity index (χ3v) is 3.36. The zero-order valence-corrected chi connectivity index (χ0v) is 10.8. The Hall–Kier alpha value is -2.18. The van der Waals surface area contributed by atoms with Crippen LogP contribution in [-0.2, 0) is 24.3 Å². The summed E-state index contributed by atoms with van der Waals surface area (Å²) in [6, 6.07) is 1.95. The highest BCUT2D eigenvalue weighted by molar-refractivity contribution is 5.75. The fourth-order valence-corrected chi connectivity index (χ4v) is 2.39. The molecule has 7 heteroatoms. The van der Waals surface area contributed by atoms with Gasteiger partial charge >= 0.3 is 0 Å². The van der Waals surface area contributed by atoms with E-state index in [1.807, 2.05) is 6.92 Å². The van der Waals surface area contributed by atoms with Crippen LogP contribution < -0.4 is 5.32 Å². The zero-order valence-electron chi connectivity index (χ0n) is 10.8. The minimum Gasteiger partial charge on any atom is -0.350 e. The van der Waals surface area contributed by atoms with Crippen LogP contribution in [0.4, 0.5) is 0 Å². The Balaban J connectivity index is 1.60. The Bertz CT molecular complexity index is 573. The molecule has 0 unspecified atom stereocenters. The lowest BCUT2D eigenvalue weighted by Crippen LogP contribution is -2.42. The second-order valence-corrected chi connectivity index (χ2v) is 4.78. The SMILES string of the molecule is Cc1nnc2n1C[C@@H](NC(=O)Cn1cccn1)CC2. The van der Waals surface area contributed by atoms with Gasteiger partial charge in [0.15, 0.2) is 0 Å². The average molecular weight is 260 g/mol. The molecule has 3 heterocycles. The van der Waals surface area contributed by atoms with Crippen molar-refractivity contribution in [2.75, 3.05) is 0 Å². The summed E-state index contributed by atoms with van der Waals surface area (Å²) in [5.41, 5.74) is 0. The maximum atomic E-state index is 11.9. The average Bonchev–Trinajstić information content (AvgIpc) is 3.00. The molecule has 3 rings (SSSR count). The highest BCUT2D eigenvalue weighted by Gasteiger charge is 2.22. The van der Waals surface area contributed by atoms with Crippen LogP contribution in [0.25, 0.3) is 0 Å². The lowest BCUT2D eigenvalue weighted by molar-refractivity contribution is -0.122. The van der Waals surface area contributed by atoms with Gasteiger partial charge in [-0.15, -0.1) is 10.2 Å². The van der Waals surface area contributed by atoms with Crippen molar-refractivity contribution in [2.45, 2.75) is 38.9 Å². The highest BCUT2D eigenvalue weighted by Crippen LogP contribution is 2.14. The second kappa shape index (κ2) is 4.83. The zero-order chi connectivity index (χ0) is 13.2. The van der Waals surface area contributed by atoms with Crippen molar-refractivity contribution in [1.29, 1.82) is 0 Å². The Morgan fingerprint density at radius 1 is 1.53 bits per heavy atom. The molecule has 1 aliphatic heterocycles. The van der Waals surface area contributed by atoms with E-state index in [1.54, 1.807) is 23.1 Å². The monoisotopic (exact) mass is 260 g/mol. The first kappa shape index (κ1) is 11.9. The summed E-state index contributed by atoms with van der Waals surface area (Å²) in [6.07, 6.45) is 5.21. The fourth-order valence-electron chi connectivity index (χ4n) is 2.39. The molecule has 1 amide bonds. The quantitative estimate of drug-likeness (QED) is 0.837. The molecular formula is C12H16N6O. The van der Waals surface area contributed by atoms with Crippen molar-refractivity contribution in [3.63, 3.8) is 0 Å². The van der Waals surface area contributed by atoms with E-state index in [4.69, 9.17) is 0 Å². The smallest absolute Gasteiger partial charge is 0.242 e. The summed E-state index contributed by atoms with van der Waals surface area (Å²) in [6.45, 7) is 2.95. The van der Waals surface area contributed by atoms with Crippen LogP contribution in [-0.4, -0.2) is 36.5 Å². The first-order chi connectivity index (χ1) is 9.22. The number of aromatic nitrogens is 5. The third-order valence-electron chi connectivity index (χ3n) is 3.36. The van der Waals surface area contributed by atoms with E-state index < -0.39 is 0 Å². The Morgan fingerprint density at radius 3 is 3.21 bits per heavy atom. The molecule has 1 aliphatic rings. The maximum Gasteiger partial charge on any atom is 0.242 e. The number of nitrogens with one attached hydrogen (secondary N) is 1. The third kappa shape index (κ3) is 2.49. The van der Waals surface area contributed by atoms with Crippen LogP contribution in [0.3, 0.4) is 0 Å². The van der Waals surface area contributed by atoms with E-state index in [9.17, 15) is 4.79 Å². The summed E-state index contributed by atoms with van der Waals surface area (Å²) in [4.78, 5) is 11.9. The van der Waals surface area contributed by atoms with Gasteiger partial charge in [-0.2, -0.15) is 5.10 Å². The van der Waals surface area contributed by atoms with E-state index in [-0.39, 0.29) is 18.5 Å². The van der Waals surface area contributed by atoms with Gasteiger partial charge in [0.05, 0.1) is 0 Å². The van der Waals surface area contributed by atoms with Gasteiger partial charge in [-0.3, -0.25) is 9.48 Å². The van der Waals surface area contributed by atoms with Gasteiger partial charge in [0, 0.05) is 31.4 Å². The van der Waals surface area contributed by atoms with Crippen LogP contribution >= 0.6 is 0 Å². The number of fused-ring (bicyclic) bond motifs is 1. The van der Waals surface area contributed by atoms with Crippen molar-refractivity contribution < 1.29 is 4.79 Å². The molecule has 2 aromatic heterocycles. The van der Waals surface area contributed by atoms with Gasteiger partial charge in [-0.05, 0) is 19.4 Å². The molecule has 0 bridgehead atoms. The van der Waals surface area contributed by atoms with Crippen molar-refractivity contribution in [3.05, 3.63) is 30.1 Å². The minimum absolute atomic E-state index is 0.0112. The molecule has 0 spiro atoms. The van der Waals surface area contributed by atoms with Crippen molar-refractivity contribution in [1.82, 2.24) is 29.9 Å². The lowest BCUT2D eigenvalue weighted by Gasteiger charge is -2.24. The van der Waals surface area contributed by atoms with Crippen molar-refractivity contribution in [2.24, 2.45) is 0 Å². The number of amides is 1. The largest absolute Gasteiger partial charge is 0.350 e. The fraction of sp³-hybridized carbons (Fsp3) is 0.500. The van der Waals surface area contributed by atoms with E-state index >= 15 is 0 Å². The predicted octanol–water partition coefficient (Wildman–Crippen LogP) is -0.0858. The van der Waals surface area contributed by atoms with E-state index in [2.05, 4.69) is 25.2 Å². The van der Waals surface area contributed by atoms with E-state index in [0.717, 1.165) is 31.0 Å². The van der Waals surface area contributed by atoms with Crippen LogP contribution in [0.15, 0.2) is 18.5 Å². The first-order valence-corrected chi connectivity index (χ1v) is 6.38. The molecule has 100 valence electrons. The number of hydrogen-bond acceptors (Lipinski definition) is 4. The van der Waals surface area contributed by atoms with Crippen LogP contribution in [0, 0.1) is 6.92 Å². The highest BCUT2D eigenvalue weighted by atomic mass is 16.2. The van der Waals surface area contributed by atoms with Gasteiger partial charge < -0.3 is 9.88 Å². The molecule has 1 N–H and O–H groups in total. The lowest BCUT2D eigenvalue weighted by atomic mass is 10.1. The van der Waals surface area contributed by atoms with Crippen LogP contribution in [0.2, 0.25) is 0 Å². The predicted molar refractivity (Wildman–Crippen MR) is 67.2 cm³/mol. The van der Waals surface area contributed by atoms with Gasteiger partial charge in [0.25, 0.3) is 0 Å². The molecule has 19 heavy (non-hydrogen) atoms. The Kier molecular flexibility index (Phi) is 3.02. The topological polar surface area (TPSA) is 77.6 Å². The van der Waals surface area contributed by atoms with Gasteiger partial charge in [-0.25, -0.2) is 0 Å². The first-order valence-electron chi connectivity index (χ1n) is 6.38. The molecule has 7 nitrogen and oxygen atoms in total. The Labute approximate surface area is 110 Å². The summed E-state index contributed by atoms with van der Waals surface area (Å²) in [7, 11) is 0. The molecule has 2 aromatic rings. The standard InChI is InChI=1S/C12H16N6O/c1-9-15-16-11-4-3-10(7-18(9)11)14-12(19)8-17-6-2-5-13-17/h2,5-6,10H,3-4,7-8H2,1H3,(H,14,19)/t10-/m0/s1. The van der Waals surface area contributed by atoms with Crippen LogP contribution in [0.1, 0.15) is 18.1 Å². The van der Waals surface area contributed by atoms with Crippen LogP contribution in [0.5, 0.6) is 0 Å². The number of hydrogen-bond donors (Lipinski definition) is 1. The molecule has 0 fully saturated rings. The summed E-state index contributed by atoms with van der Waals surface area (Å²) >= 11 is 0. The maximum absolute atomic E-state index is 11.9. The van der Waals surface area contributed by atoms with E-state index in [1.165, 1.54) is 0 Å². The molecule has 1 atom stereocenters. The van der Waals surface area contributed by atoms with Crippen molar-refractivity contribution >= 4 is 5.91 Å².